The largest absolute Gasteiger partial charge is 0.478 e. The minimum absolute atomic E-state index is 0.0484. The lowest BCUT2D eigenvalue weighted by atomic mass is 10.2. The Labute approximate surface area is 114 Å². The summed E-state index contributed by atoms with van der Waals surface area (Å²) in [6.45, 7) is 0.518. The molecule has 2 aromatic rings. The highest BCUT2D eigenvalue weighted by molar-refractivity contribution is 5.84. The fourth-order valence-corrected chi connectivity index (χ4v) is 1.80. The third-order valence-electron chi connectivity index (χ3n) is 2.76. The second kappa shape index (κ2) is 5.83. The van der Waals surface area contributed by atoms with Crippen molar-refractivity contribution in [2.75, 3.05) is 0 Å². The molecule has 0 aliphatic heterocycles. The van der Waals surface area contributed by atoms with Gasteiger partial charge in [-0.05, 0) is 23.8 Å². The van der Waals surface area contributed by atoms with Crippen LogP contribution in [0.2, 0.25) is 0 Å². The Bertz CT molecular complexity index is 656. The van der Waals surface area contributed by atoms with Crippen LogP contribution < -0.4 is 0 Å². The van der Waals surface area contributed by atoms with Gasteiger partial charge in [0.25, 0.3) is 5.69 Å². The van der Waals surface area contributed by atoms with Gasteiger partial charge < -0.3 is 9.67 Å². The van der Waals surface area contributed by atoms with Gasteiger partial charge in [0.15, 0.2) is 0 Å². The lowest BCUT2D eigenvalue weighted by Gasteiger charge is -2.06. The van der Waals surface area contributed by atoms with Gasteiger partial charge in [-0.15, -0.1) is 0 Å². The first-order valence-corrected chi connectivity index (χ1v) is 5.86. The van der Waals surface area contributed by atoms with Crippen molar-refractivity contribution in [3.05, 3.63) is 70.0 Å². The number of carboxylic acid groups (broad SMARTS) is 1. The second-order valence-electron chi connectivity index (χ2n) is 4.16. The highest BCUT2D eigenvalue weighted by Crippen LogP contribution is 2.14. The molecule has 0 amide bonds. The molecular weight excluding hydrogens is 260 g/mol. The summed E-state index contributed by atoms with van der Waals surface area (Å²) < 4.78 is 1.86. The maximum absolute atomic E-state index is 10.6. The van der Waals surface area contributed by atoms with Gasteiger partial charge in [-0.3, -0.25) is 10.1 Å². The van der Waals surface area contributed by atoms with Crippen LogP contribution in [-0.2, 0) is 11.3 Å². The Morgan fingerprint density at radius 1 is 1.30 bits per heavy atom. The summed E-state index contributed by atoms with van der Waals surface area (Å²) in [5.41, 5.74) is 1.70. The van der Waals surface area contributed by atoms with Crippen molar-refractivity contribution in [3.8, 4) is 0 Å². The Morgan fingerprint density at radius 3 is 2.60 bits per heavy atom. The SMILES string of the molecule is O=C(O)/C=C/c1cccn1Cc1ccc([N+](=O)[O-])cc1. The van der Waals surface area contributed by atoms with E-state index < -0.39 is 10.9 Å². The van der Waals surface area contributed by atoms with Crippen LogP contribution in [0.15, 0.2) is 48.7 Å². The average molecular weight is 272 g/mol. The van der Waals surface area contributed by atoms with E-state index >= 15 is 0 Å². The fraction of sp³-hybridized carbons (Fsp3) is 0.0714. The van der Waals surface area contributed by atoms with E-state index in [9.17, 15) is 14.9 Å². The first-order valence-electron chi connectivity index (χ1n) is 5.86. The lowest BCUT2D eigenvalue weighted by molar-refractivity contribution is -0.384. The topological polar surface area (TPSA) is 85.4 Å². The van der Waals surface area contributed by atoms with Gasteiger partial charge in [0.1, 0.15) is 0 Å². The summed E-state index contributed by atoms with van der Waals surface area (Å²) >= 11 is 0. The average Bonchev–Trinajstić information content (AvgIpc) is 2.84. The number of carbonyl (C=O) groups is 1. The number of hydrogen-bond acceptors (Lipinski definition) is 3. The summed E-state index contributed by atoms with van der Waals surface area (Å²) in [4.78, 5) is 20.6. The van der Waals surface area contributed by atoms with Crippen LogP contribution in [-0.4, -0.2) is 20.6 Å². The Balaban J connectivity index is 2.16. The monoisotopic (exact) mass is 272 g/mol. The number of hydrogen-bond donors (Lipinski definition) is 1. The van der Waals surface area contributed by atoms with Gasteiger partial charge in [-0.25, -0.2) is 4.79 Å². The highest BCUT2D eigenvalue weighted by atomic mass is 16.6. The number of benzene rings is 1. The van der Waals surface area contributed by atoms with Crippen molar-refractivity contribution in [1.29, 1.82) is 0 Å². The molecule has 2 rings (SSSR count). The van der Waals surface area contributed by atoms with Crippen LogP contribution in [0.3, 0.4) is 0 Å². The van der Waals surface area contributed by atoms with E-state index in [-0.39, 0.29) is 5.69 Å². The van der Waals surface area contributed by atoms with E-state index in [0.717, 1.165) is 17.3 Å². The quantitative estimate of drug-likeness (QED) is 0.515. The molecule has 1 heterocycles. The molecule has 6 heteroatoms. The van der Waals surface area contributed by atoms with Crippen molar-refractivity contribution in [2.45, 2.75) is 6.54 Å². The molecular formula is C14H12N2O4. The molecule has 20 heavy (non-hydrogen) atoms. The summed E-state index contributed by atoms with van der Waals surface area (Å²) in [7, 11) is 0. The van der Waals surface area contributed by atoms with E-state index in [1.165, 1.54) is 18.2 Å². The fourth-order valence-electron chi connectivity index (χ4n) is 1.80. The number of non-ortho nitro benzene ring substituents is 1. The maximum atomic E-state index is 10.6. The van der Waals surface area contributed by atoms with Crippen LogP contribution >= 0.6 is 0 Å². The number of nitrogens with zero attached hydrogens (tertiary/aromatic N) is 2. The van der Waals surface area contributed by atoms with Crippen LogP contribution in [0.1, 0.15) is 11.3 Å². The third kappa shape index (κ3) is 3.32. The van der Waals surface area contributed by atoms with Crippen molar-refractivity contribution in [2.24, 2.45) is 0 Å². The number of aliphatic carboxylic acids is 1. The number of nitro groups is 1. The van der Waals surface area contributed by atoms with E-state index in [2.05, 4.69) is 0 Å². The van der Waals surface area contributed by atoms with Crippen LogP contribution in [0.4, 0.5) is 5.69 Å². The first-order chi connectivity index (χ1) is 9.56. The lowest BCUT2D eigenvalue weighted by Crippen LogP contribution is -2.00. The number of nitro benzene ring substituents is 1. The molecule has 0 atom stereocenters. The van der Waals surface area contributed by atoms with Crippen molar-refractivity contribution >= 4 is 17.7 Å². The van der Waals surface area contributed by atoms with Gasteiger partial charge in [0.2, 0.25) is 0 Å². The maximum Gasteiger partial charge on any atom is 0.328 e. The molecule has 0 saturated carbocycles. The molecule has 102 valence electrons. The minimum Gasteiger partial charge on any atom is -0.478 e. The van der Waals surface area contributed by atoms with Crippen LogP contribution in [0, 0.1) is 10.1 Å². The molecule has 1 aromatic carbocycles. The molecule has 0 fully saturated rings. The zero-order chi connectivity index (χ0) is 14.5. The number of carboxylic acids is 1. The van der Waals surface area contributed by atoms with E-state index in [1.54, 1.807) is 18.2 Å². The van der Waals surface area contributed by atoms with E-state index in [0.29, 0.717) is 6.54 Å². The van der Waals surface area contributed by atoms with Crippen molar-refractivity contribution in [1.82, 2.24) is 4.57 Å². The van der Waals surface area contributed by atoms with Gasteiger partial charge >= 0.3 is 5.97 Å². The molecule has 0 aliphatic carbocycles. The summed E-state index contributed by atoms with van der Waals surface area (Å²) in [5.74, 6) is -1.01. The highest BCUT2D eigenvalue weighted by Gasteiger charge is 2.05. The number of rotatable bonds is 5. The zero-order valence-electron chi connectivity index (χ0n) is 10.5. The molecule has 1 N–H and O–H groups in total. The standard InChI is InChI=1S/C14H12N2O4/c17-14(18)8-7-12-2-1-9-15(12)10-11-3-5-13(6-4-11)16(19)20/h1-9H,10H2,(H,17,18)/b8-7+. The van der Waals surface area contributed by atoms with Gasteiger partial charge in [0.05, 0.1) is 4.92 Å². The smallest absolute Gasteiger partial charge is 0.328 e. The molecule has 1 aromatic heterocycles. The summed E-state index contributed by atoms with van der Waals surface area (Å²) in [6, 6.07) is 9.88. The molecule has 0 unspecified atom stereocenters. The Hall–Kier alpha value is -2.89. The normalized spacial score (nSPS) is 10.8. The van der Waals surface area contributed by atoms with Crippen LogP contribution in [0.5, 0.6) is 0 Å². The van der Waals surface area contributed by atoms with Gasteiger partial charge in [0, 0.05) is 36.6 Å². The first kappa shape index (κ1) is 13.5. The zero-order valence-corrected chi connectivity index (χ0v) is 10.5. The summed E-state index contributed by atoms with van der Waals surface area (Å²) in [6.07, 6.45) is 4.40. The predicted molar refractivity (Wildman–Crippen MR) is 73.3 cm³/mol. The predicted octanol–water partition coefficient (Wildman–Crippen LogP) is 2.54. The Kier molecular flexibility index (Phi) is 3.95. The third-order valence-corrected chi connectivity index (χ3v) is 2.76. The molecule has 0 radical (unpaired) electrons. The van der Waals surface area contributed by atoms with E-state index in [1.807, 2.05) is 16.8 Å². The molecule has 0 spiro atoms. The van der Waals surface area contributed by atoms with Gasteiger partial charge in [-0.1, -0.05) is 12.1 Å². The molecule has 0 aliphatic rings. The molecule has 6 nitrogen and oxygen atoms in total. The number of aromatic nitrogens is 1. The second-order valence-corrected chi connectivity index (χ2v) is 4.16. The summed E-state index contributed by atoms with van der Waals surface area (Å²) in [5, 5.41) is 19.2. The molecule has 0 bridgehead atoms. The van der Waals surface area contributed by atoms with Crippen molar-refractivity contribution < 1.29 is 14.8 Å². The Morgan fingerprint density at radius 2 is 2.00 bits per heavy atom. The minimum atomic E-state index is -1.01. The van der Waals surface area contributed by atoms with Crippen molar-refractivity contribution in [3.63, 3.8) is 0 Å². The molecule has 0 saturated heterocycles. The van der Waals surface area contributed by atoms with Gasteiger partial charge in [-0.2, -0.15) is 0 Å². The van der Waals surface area contributed by atoms with Crippen LogP contribution in [0.25, 0.3) is 6.08 Å². The van der Waals surface area contributed by atoms with E-state index in [4.69, 9.17) is 5.11 Å².